The SMILES string of the molecule is Cc1cn([C@H]2CC(OP(=O)(O)O)[C@@H](CO)O2)c(=O)[nH]c1=O. The summed E-state index contributed by atoms with van der Waals surface area (Å²) in [6, 6.07) is 0. The number of aryl methyl sites for hydroxylation is 1. The monoisotopic (exact) mass is 322 g/mol. The lowest BCUT2D eigenvalue weighted by Crippen LogP contribution is -2.33. The number of aromatic nitrogens is 2. The van der Waals surface area contributed by atoms with E-state index in [0.717, 1.165) is 4.57 Å². The molecule has 2 heterocycles. The molecule has 1 unspecified atom stereocenters. The lowest BCUT2D eigenvalue weighted by molar-refractivity contribution is -0.0453. The Kier molecular flexibility index (Phi) is 4.47. The van der Waals surface area contributed by atoms with Crippen molar-refractivity contribution in [2.24, 2.45) is 0 Å². The van der Waals surface area contributed by atoms with Gasteiger partial charge in [0.1, 0.15) is 18.4 Å². The van der Waals surface area contributed by atoms with Crippen LogP contribution in [0.4, 0.5) is 0 Å². The first-order chi connectivity index (χ1) is 9.71. The first kappa shape index (κ1) is 16.1. The molecule has 1 saturated heterocycles. The van der Waals surface area contributed by atoms with Crippen LogP contribution in [0.5, 0.6) is 0 Å². The number of phosphoric ester groups is 1. The molecule has 3 atom stereocenters. The molecule has 4 N–H and O–H groups in total. The van der Waals surface area contributed by atoms with Gasteiger partial charge < -0.3 is 19.6 Å². The molecule has 0 aliphatic carbocycles. The maximum absolute atomic E-state index is 11.7. The summed E-state index contributed by atoms with van der Waals surface area (Å²) < 4.78 is 21.9. The Labute approximate surface area is 118 Å². The number of phosphoric acid groups is 1. The molecular formula is C10H15N2O8P. The Bertz CT molecular complexity index is 676. The van der Waals surface area contributed by atoms with Gasteiger partial charge >= 0.3 is 13.5 Å². The van der Waals surface area contributed by atoms with Crippen LogP contribution in [0.15, 0.2) is 15.8 Å². The van der Waals surface area contributed by atoms with Crippen molar-refractivity contribution in [3.05, 3.63) is 32.6 Å². The molecule has 0 radical (unpaired) electrons. The van der Waals surface area contributed by atoms with Gasteiger partial charge in [-0.2, -0.15) is 0 Å². The van der Waals surface area contributed by atoms with Crippen LogP contribution in [-0.2, 0) is 13.8 Å². The number of aliphatic hydroxyl groups is 1. The smallest absolute Gasteiger partial charge is 0.394 e. The third-order valence-electron chi connectivity index (χ3n) is 3.09. The average molecular weight is 322 g/mol. The first-order valence-electron chi connectivity index (χ1n) is 6.03. The van der Waals surface area contributed by atoms with Crippen molar-refractivity contribution in [3.63, 3.8) is 0 Å². The fraction of sp³-hybridized carbons (Fsp3) is 0.600. The standard InChI is InChI=1S/C10H15N2O8P/c1-5-3-12(10(15)11-9(5)14)8-2-6(7(4-13)19-8)20-21(16,17)18/h3,6-8,13H,2,4H2,1H3,(H,11,14,15)(H2,16,17,18)/t6?,7-,8-/m1/s1. The molecule has 118 valence electrons. The van der Waals surface area contributed by atoms with Crippen molar-refractivity contribution in [3.8, 4) is 0 Å². The molecule has 1 aliphatic heterocycles. The van der Waals surface area contributed by atoms with Crippen LogP contribution in [0.3, 0.4) is 0 Å². The maximum Gasteiger partial charge on any atom is 0.469 e. The third kappa shape index (κ3) is 3.67. The van der Waals surface area contributed by atoms with E-state index >= 15 is 0 Å². The van der Waals surface area contributed by atoms with Gasteiger partial charge in [0.25, 0.3) is 5.56 Å². The van der Waals surface area contributed by atoms with E-state index in [2.05, 4.69) is 9.51 Å². The molecule has 1 aromatic rings. The minimum absolute atomic E-state index is 0.0538. The molecule has 0 aromatic carbocycles. The summed E-state index contributed by atoms with van der Waals surface area (Å²) in [6.07, 6.45) is -1.73. The van der Waals surface area contributed by atoms with E-state index in [1.165, 1.54) is 13.1 Å². The van der Waals surface area contributed by atoms with Gasteiger partial charge in [0.15, 0.2) is 0 Å². The van der Waals surface area contributed by atoms with Gasteiger partial charge in [-0.05, 0) is 6.92 Å². The van der Waals surface area contributed by atoms with Crippen molar-refractivity contribution in [1.82, 2.24) is 9.55 Å². The van der Waals surface area contributed by atoms with E-state index in [9.17, 15) is 14.2 Å². The number of aliphatic hydroxyl groups excluding tert-OH is 1. The molecule has 21 heavy (non-hydrogen) atoms. The van der Waals surface area contributed by atoms with E-state index in [1.807, 2.05) is 0 Å². The van der Waals surface area contributed by atoms with E-state index < -0.39 is 44.1 Å². The quantitative estimate of drug-likeness (QED) is 0.494. The van der Waals surface area contributed by atoms with Gasteiger partial charge in [-0.1, -0.05) is 0 Å². The van der Waals surface area contributed by atoms with Gasteiger partial charge in [0, 0.05) is 18.2 Å². The third-order valence-corrected chi connectivity index (χ3v) is 3.63. The number of H-pyrrole nitrogens is 1. The Balaban J connectivity index is 2.27. The zero-order valence-corrected chi connectivity index (χ0v) is 11.9. The average Bonchev–Trinajstić information content (AvgIpc) is 2.74. The van der Waals surface area contributed by atoms with E-state index in [4.69, 9.17) is 19.6 Å². The van der Waals surface area contributed by atoms with Gasteiger partial charge in [0.2, 0.25) is 0 Å². The molecule has 0 spiro atoms. The zero-order chi connectivity index (χ0) is 15.8. The number of hydrogen-bond acceptors (Lipinski definition) is 6. The Morgan fingerprint density at radius 3 is 2.76 bits per heavy atom. The minimum Gasteiger partial charge on any atom is -0.394 e. The molecule has 0 amide bonds. The zero-order valence-electron chi connectivity index (χ0n) is 11.0. The highest BCUT2D eigenvalue weighted by molar-refractivity contribution is 7.46. The van der Waals surface area contributed by atoms with Crippen LogP contribution in [-0.4, -0.2) is 43.3 Å². The van der Waals surface area contributed by atoms with Crippen LogP contribution in [0, 0.1) is 6.92 Å². The summed E-state index contributed by atoms with van der Waals surface area (Å²) in [6.45, 7) is 0.967. The summed E-state index contributed by atoms with van der Waals surface area (Å²) in [5, 5.41) is 9.16. The van der Waals surface area contributed by atoms with Crippen molar-refractivity contribution in [2.75, 3.05) is 6.61 Å². The lowest BCUT2D eigenvalue weighted by Gasteiger charge is -2.16. The number of rotatable bonds is 4. The van der Waals surface area contributed by atoms with Crippen LogP contribution < -0.4 is 11.2 Å². The Morgan fingerprint density at radius 1 is 1.52 bits per heavy atom. The largest absolute Gasteiger partial charge is 0.469 e. The topological polar surface area (TPSA) is 151 Å². The molecule has 0 bridgehead atoms. The van der Waals surface area contributed by atoms with Crippen LogP contribution in [0.25, 0.3) is 0 Å². The second kappa shape index (κ2) is 5.84. The number of hydrogen-bond donors (Lipinski definition) is 4. The number of aromatic amines is 1. The van der Waals surface area contributed by atoms with Gasteiger partial charge in [0.05, 0.1) is 6.61 Å². The van der Waals surface area contributed by atoms with Crippen molar-refractivity contribution in [2.45, 2.75) is 31.8 Å². The Hall–Kier alpha value is -1.29. The molecule has 2 rings (SSSR count). The second-order valence-electron chi connectivity index (χ2n) is 4.66. The Morgan fingerprint density at radius 2 is 2.19 bits per heavy atom. The molecule has 1 fully saturated rings. The van der Waals surface area contributed by atoms with Gasteiger partial charge in [-0.3, -0.25) is 18.9 Å². The van der Waals surface area contributed by atoms with E-state index in [-0.39, 0.29) is 12.0 Å². The minimum atomic E-state index is -4.75. The maximum atomic E-state index is 11.7. The second-order valence-corrected chi connectivity index (χ2v) is 5.85. The molecule has 1 aliphatic rings. The fourth-order valence-electron chi connectivity index (χ4n) is 2.12. The van der Waals surface area contributed by atoms with Crippen LogP contribution in [0.2, 0.25) is 0 Å². The molecule has 0 saturated carbocycles. The molecule has 11 heteroatoms. The predicted molar refractivity (Wildman–Crippen MR) is 68.6 cm³/mol. The van der Waals surface area contributed by atoms with E-state index in [1.54, 1.807) is 0 Å². The summed E-state index contributed by atoms with van der Waals surface area (Å²) >= 11 is 0. The summed E-state index contributed by atoms with van der Waals surface area (Å²) in [5.74, 6) is 0. The highest BCUT2D eigenvalue weighted by Crippen LogP contribution is 2.43. The van der Waals surface area contributed by atoms with Crippen LogP contribution in [0.1, 0.15) is 18.2 Å². The number of ether oxygens (including phenoxy) is 1. The highest BCUT2D eigenvalue weighted by atomic mass is 31.2. The van der Waals surface area contributed by atoms with Gasteiger partial charge in [-0.15, -0.1) is 0 Å². The molecule has 1 aromatic heterocycles. The van der Waals surface area contributed by atoms with Crippen LogP contribution >= 0.6 is 7.82 Å². The van der Waals surface area contributed by atoms with Crippen molar-refractivity contribution >= 4 is 7.82 Å². The number of nitrogens with one attached hydrogen (secondary N) is 1. The number of nitrogens with zero attached hydrogens (tertiary/aromatic N) is 1. The van der Waals surface area contributed by atoms with Gasteiger partial charge in [-0.25, -0.2) is 9.36 Å². The normalized spacial score (nSPS) is 26.2. The highest BCUT2D eigenvalue weighted by Gasteiger charge is 2.40. The summed E-state index contributed by atoms with van der Waals surface area (Å²) in [7, 11) is -4.75. The predicted octanol–water partition coefficient (Wildman–Crippen LogP) is -1.40. The summed E-state index contributed by atoms with van der Waals surface area (Å²) in [5.41, 5.74) is -0.974. The fourth-order valence-corrected chi connectivity index (χ4v) is 2.70. The molecule has 10 nitrogen and oxygen atoms in total. The van der Waals surface area contributed by atoms with Crippen molar-refractivity contribution in [1.29, 1.82) is 0 Å². The lowest BCUT2D eigenvalue weighted by atomic mass is 10.2. The van der Waals surface area contributed by atoms with E-state index in [0.29, 0.717) is 0 Å². The summed E-state index contributed by atoms with van der Waals surface area (Å²) in [4.78, 5) is 42.8. The first-order valence-corrected chi connectivity index (χ1v) is 7.56. The molecular weight excluding hydrogens is 307 g/mol. The van der Waals surface area contributed by atoms with Crippen molar-refractivity contribution < 1.29 is 28.7 Å².